The Hall–Kier alpha value is -1.79. The van der Waals surface area contributed by atoms with Gasteiger partial charge in [0, 0.05) is 46.0 Å². The SMILES string of the molecule is O=C1CCCC2=C1[C@@H](c1ccc(Cl)c([N+](=O)[O-])c1)C1=C(CCS1)N2. The van der Waals surface area contributed by atoms with Gasteiger partial charge in [-0.3, -0.25) is 14.9 Å². The lowest BCUT2D eigenvalue weighted by atomic mass is 9.79. The summed E-state index contributed by atoms with van der Waals surface area (Å²) in [6.07, 6.45) is 3.19. The Labute approximate surface area is 148 Å². The fourth-order valence-corrected chi connectivity index (χ4v) is 5.12. The number of allylic oxidation sites excluding steroid dienone is 4. The predicted molar refractivity (Wildman–Crippen MR) is 94.0 cm³/mol. The van der Waals surface area contributed by atoms with E-state index in [-0.39, 0.29) is 22.4 Å². The van der Waals surface area contributed by atoms with Gasteiger partial charge in [0.1, 0.15) is 5.02 Å². The molecule has 3 aliphatic rings. The average Bonchev–Trinajstić information content (AvgIpc) is 3.01. The van der Waals surface area contributed by atoms with Crippen LogP contribution >= 0.6 is 23.4 Å². The molecule has 1 aromatic carbocycles. The Kier molecular flexibility index (Phi) is 3.89. The number of halogens is 1. The Morgan fingerprint density at radius 1 is 1.25 bits per heavy atom. The summed E-state index contributed by atoms with van der Waals surface area (Å²) < 4.78 is 0. The van der Waals surface area contributed by atoms with Crippen LogP contribution in [0.4, 0.5) is 5.69 Å². The molecule has 4 rings (SSSR count). The van der Waals surface area contributed by atoms with Gasteiger partial charge in [-0.2, -0.15) is 0 Å². The molecule has 0 bridgehead atoms. The van der Waals surface area contributed by atoms with Crippen molar-refractivity contribution in [1.82, 2.24) is 5.32 Å². The summed E-state index contributed by atoms with van der Waals surface area (Å²) >= 11 is 7.69. The molecule has 0 unspecified atom stereocenters. The lowest BCUT2D eigenvalue weighted by Crippen LogP contribution is -2.30. The molecule has 124 valence electrons. The highest BCUT2D eigenvalue weighted by atomic mass is 35.5. The number of carbonyl (C=O) groups excluding carboxylic acids is 1. The van der Waals surface area contributed by atoms with Gasteiger partial charge in [-0.15, -0.1) is 11.8 Å². The smallest absolute Gasteiger partial charge is 0.288 e. The molecular weight excluding hydrogens is 348 g/mol. The maximum atomic E-state index is 12.6. The van der Waals surface area contributed by atoms with Crippen LogP contribution in [-0.2, 0) is 4.79 Å². The van der Waals surface area contributed by atoms with Gasteiger partial charge < -0.3 is 5.32 Å². The van der Waals surface area contributed by atoms with Gasteiger partial charge in [-0.05, 0) is 30.9 Å². The van der Waals surface area contributed by atoms with Crippen LogP contribution in [0.2, 0.25) is 5.02 Å². The van der Waals surface area contributed by atoms with E-state index >= 15 is 0 Å². The molecule has 2 aliphatic heterocycles. The highest BCUT2D eigenvalue weighted by molar-refractivity contribution is 8.03. The van der Waals surface area contributed by atoms with Gasteiger partial charge in [0.15, 0.2) is 5.78 Å². The summed E-state index contributed by atoms with van der Waals surface area (Å²) in [6, 6.07) is 4.89. The largest absolute Gasteiger partial charge is 0.361 e. The quantitative estimate of drug-likeness (QED) is 0.627. The molecule has 0 radical (unpaired) electrons. The maximum absolute atomic E-state index is 12.6. The number of nitro groups is 1. The van der Waals surface area contributed by atoms with Crippen LogP contribution in [0, 0.1) is 10.1 Å². The van der Waals surface area contributed by atoms with E-state index in [1.54, 1.807) is 23.9 Å². The topological polar surface area (TPSA) is 72.2 Å². The van der Waals surface area contributed by atoms with Crippen LogP contribution in [0.1, 0.15) is 37.2 Å². The molecule has 24 heavy (non-hydrogen) atoms. The van der Waals surface area contributed by atoms with Crippen LogP contribution < -0.4 is 5.32 Å². The third-order valence-corrected chi connectivity index (χ3v) is 6.24. The highest BCUT2D eigenvalue weighted by Gasteiger charge is 2.39. The Balaban J connectivity index is 1.88. The molecule has 1 N–H and O–H groups in total. The maximum Gasteiger partial charge on any atom is 0.288 e. The van der Waals surface area contributed by atoms with Gasteiger partial charge in [0.2, 0.25) is 0 Å². The van der Waals surface area contributed by atoms with E-state index in [9.17, 15) is 14.9 Å². The lowest BCUT2D eigenvalue weighted by Gasteiger charge is -2.33. The third kappa shape index (κ3) is 2.45. The molecule has 2 heterocycles. The second-order valence-corrected chi connectivity index (χ2v) is 7.68. The summed E-state index contributed by atoms with van der Waals surface area (Å²) in [5.74, 6) is 0.913. The number of nitrogens with one attached hydrogen (secondary N) is 1. The Morgan fingerprint density at radius 2 is 2.08 bits per heavy atom. The van der Waals surface area contributed by atoms with Gasteiger partial charge in [0.05, 0.1) is 4.92 Å². The van der Waals surface area contributed by atoms with Crippen molar-refractivity contribution < 1.29 is 9.72 Å². The summed E-state index contributed by atoms with van der Waals surface area (Å²) in [5.41, 5.74) is 3.61. The Bertz CT molecular complexity index is 831. The Morgan fingerprint density at radius 3 is 2.88 bits per heavy atom. The fourth-order valence-electron chi connectivity index (χ4n) is 3.66. The van der Waals surface area contributed by atoms with Crippen LogP contribution in [-0.4, -0.2) is 16.5 Å². The minimum absolute atomic E-state index is 0.108. The van der Waals surface area contributed by atoms with E-state index in [1.165, 1.54) is 6.07 Å². The summed E-state index contributed by atoms with van der Waals surface area (Å²) in [6.45, 7) is 0. The third-order valence-electron chi connectivity index (χ3n) is 4.72. The van der Waals surface area contributed by atoms with Gasteiger partial charge in [-0.25, -0.2) is 0 Å². The molecule has 1 atom stereocenters. The first-order valence-electron chi connectivity index (χ1n) is 7.89. The number of benzene rings is 1. The van der Waals surface area contributed by atoms with Crippen molar-refractivity contribution >= 4 is 34.8 Å². The number of rotatable bonds is 2. The van der Waals surface area contributed by atoms with E-state index in [0.29, 0.717) is 6.42 Å². The van der Waals surface area contributed by atoms with Crippen molar-refractivity contribution in [3.63, 3.8) is 0 Å². The molecule has 0 fully saturated rings. The van der Waals surface area contributed by atoms with Crippen molar-refractivity contribution in [3.8, 4) is 0 Å². The standard InChI is InChI=1S/C17H15ClN2O3S/c18-10-5-4-9(8-13(10)20(22)23)15-16-11(2-1-3-14(16)21)19-12-6-7-24-17(12)15/h4-5,8,15,19H,1-3,6-7H2/t15-/m1/s1. The molecule has 1 aliphatic carbocycles. The van der Waals surface area contributed by atoms with E-state index in [2.05, 4.69) is 5.32 Å². The molecule has 7 heteroatoms. The first-order chi connectivity index (χ1) is 11.6. The van der Waals surface area contributed by atoms with Crippen LogP contribution in [0.25, 0.3) is 0 Å². The van der Waals surface area contributed by atoms with E-state index < -0.39 is 4.92 Å². The number of nitrogens with zero attached hydrogens (tertiary/aromatic N) is 1. The first-order valence-corrected chi connectivity index (χ1v) is 9.25. The van der Waals surface area contributed by atoms with Gasteiger partial charge in [-0.1, -0.05) is 17.7 Å². The van der Waals surface area contributed by atoms with Crippen molar-refractivity contribution in [2.75, 3.05) is 5.75 Å². The monoisotopic (exact) mass is 362 g/mol. The molecule has 0 amide bonds. The predicted octanol–water partition coefficient (Wildman–Crippen LogP) is 4.29. The zero-order chi connectivity index (χ0) is 16.8. The minimum atomic E-state index is -0.470. The zero-order valence-corrected chi connectivity index (χ0v) is 14.4. The second-order valence-electron chi connectivity index (χ2n) is 6.14. The van der Waals surface area contributed by atoms with Gasteiger partial charge in [0.25, 0.3) is 5.69 Å². The average molecular weight is 363 g/mol. The zero-order valence-electron chi connectivity index (χ0n) is 12.8. The molecule has 1 aromatic rings. The van der Waals surface area contributed by atoms with Crippen LogP contribution in [0.5, 0.6) is 0 Å². The van der Waals surface area contributed by atoms with Crippen LogP contribution in [0.15, 0.2) is 40.1 Å². The molecular formula is C17H15ClN2O3S. The van der Waals surface area contributed by atoms with Crippen molar-refractivity contribution in [1.29, 1.82) is 0 Å². The van der Waals surface area contributed by atoms with E-state index in [0.717, 1.165) is 52.5 Å². The van der Waals surface area contributed by atoms with Crippen molar-refractivity contribution in [2.24, 2.45) is 0 Å². The molecule has 0 saturated heterocycles. The number of dihydropyridines is 1. The first kappa shape index (κ1) is 15.7. The van der Waals surface area contributed by atoms with Crippen molar-refractivity contribution in [2.45, 2.75) is 31.6 Å². The van der Waals surface area contributed by atoms with Gasteiger partial charge >= 0.3 is 0 Å². The number of ketones is 1. The normalized spacial score (nSPS) is 23.0. The number of thioether (sulfide) groups is 1. The number of nitro benzene ring substituents is 1. The molecule has 0 saturated carbocycles. The van der Waals surface area contributed by atoms with Crippen LogP contribution in [0.3, 0.4) is 0 Å². The number of hydrogen-bond acceptors (Lipinski definition) is 5. The summed E-state index contributed by atoms with van der Waals surface area (Å²) in [4.78, 5) is 24.5. The number of carbonyl (C=O) groups is 1. The van der Waals surface area contributed by atoms with Crippen molar-refractivity contribution in [3.05, 3.63) is 60.8 Å². The minimum Gasteiger partial charge on any atom is -0.361 e. The number of hydrogen-bond donors (Lipinski definition) is 1. The molecule has 0 spiro atoms. The fraction of sp³-hybridized carbons (Fsp3) is 0.353. The molecule has 0 aromatic heterocycles. The second kappa shape index (κ2) is 5.93. The highest BCUT2D eigenvalue weighted by Crippen LogP contribution is 2.50. The molecule has 5 nitrogen and oxygen atoms in total. The lowest BCUT2D eigenvalue weighted by molar-refractivity contribution is -0.384. The summed E-state index contributed by atoms with van der Waals surface area (Å²) in [7, 11) is 0. The van der Waals surface area contributed by atoms with E-state index in [4.69, 9.17) is 11.6 Å². The van der Waals surface area contributed by atoms with E-state index in [1.807, 2.05) is 0 Å². The number of Topliss-reactive ketones (excluding diaryl/α,β-unsaturated/α-hetero) is 1. The summed E-state index contributed by atoms with van der Waals surface area (Å²) in [5, 5.41) is 14.8.